The Morgan fingerprint density at radius 2 is 2.00 bits per heavy atom. The second kappa shape index (κ2) is 6.25. The van der Waals surface area contributed by atoms with Gasteiger partial charge in [-0.1, -0.05) is 6.92 Å². The van der Waals surface area contributed by atoms with Gasteiger partial charge >= 0.3 is 6.18 Å². The Bertz CT molecular complexity index is 105. The molecule has 0 radical (unpaired) electrons. The Morgan fingerprint density at radius 3 is 2.50 bits per heavy atom. The van der Waals surface area contributed by atoms with Crippen molar-refractivity contribution >= 4 is 0 Å². The number of rotatable bonds is 6. The summed E-state index contributed by atoms with van der Waals surface area (Å²) < 4.78 is 38.9. The van der Waals surface area contributed by atoms with Gasteiger partial charge in [-0.05, 0) is 19.5 Å². The summed E-state index contributed by atoms with van der Waals surface area (Å²) >= 11 is 0. The summed E-state index contributed by atoms with van der Waals surface area (Å²) in [6, 6.07) is 0. The maximum Gasteiger partial charge on any atom is 0.411 e. The Balaban J connectivity index is 3.01. The summed E-state index contributed by atoms with van der Waals surface area (Å²) in [4.78, 5) is 0. The van der Waals surface area contributed by atoms with Gasteiger partial charge in [0.2, 0.25) is 0 Å². The quantitative estimate of drug-likeness (QED) is 0.634. The first-order valence-corrected chi connectivity index (χ1v) is 3.91. The Labute approximate surface area is 70.1 Å². The van der Waals surface area contributed by atoms with Crippen molar-refractivity contribution in [3.63, 3.8) is 0 Å². The molecule has 12 heavy (non-hydrogen) atoms. The fourth-order valence-corrected chi connectivity index (χ4v) is 0.664. The van der Waals surface area contributed by atoms with Crippen molar-refractivity contribution in [2.75, 3.05) is 26.3 Å². The van der Waals surface area contributed by atoms with Gasteiger partial charge in [0.1, 0.15) is 6.61 Å². The Morgan fingerprint density at radius 1 is 1.33 bits per heavy atom. The highest BCUT2D eigenvalue weighted by molar-refractivity contribution is 4.47. The van der Waals surface area contributed by atoms with E-state index in [9.17, 15) is 13.2 Å². The summed E-state index contributed by atoms with van der Waals surface area (Å²) in [7, 11) is 0. The molecule has 0 bridgehead atoms. The second-order valence-electron chi connectivity index (χ2n) is 2.37. The van der Waals surface area contributed by atoms with Crippen molar-refractivity contribution in [2.24, 2.45) is 0 Å². The van der Waals surface area contributed by atoms with Gasteiger partial charge in [-0.3, -0.25) is 0 Å². The SMILES string of the molecule is CCNCCCOCC(F)(F)F. The summed E-state index contributed by atoms with van der Waals surface area (Å²) in [5, 5.41) is 2.98. The lowest BCUT2D eigenvalue weighted by Gasteiger charge is -2.07. The van der Waals surface area contributed by atoms with Gasteiger partial charge < -0.3 is 10.1 Å². The zero-order valence-electron chi connectivity index (χ0n) is 7.08. The molecule has 0 aliphatic heterocycles. The van der Waals surface area contributed by atoms with Crippen LogP contribution >= 0.6 is 0 Å². The van der Waals surface area contributed by atoms with Gasteiger partial charge in [0.05, 0.1) is 0 Å². The van der Waals surface area contributed by atoms with Crippen LogP contribution in [0.4, 0.5) is 13.2 Å². The summed E-state index contributed by atoms with van der Waals surface area (Å²) in [6.45, 7) is 2.50. The zero-order chi connectivity index (χ0) is 9.45. The Kier molecular flexibility index (Phi) is 6.10. The van der Waals surface area contributed by atoms with Crippen molar-refractivity contribution in [3.05, 3.63) is 0 Å². The number of halogens is 3. The molecule has 0 aliphatic rings. The van der Waals surface area contributed by atoms with E-state index in [1.54, 1.807) is 0 Å². The molecule has 74 valence electrons. The molecule has 0 spiro atoms. The minimum atomic E-state index is -4.20. The lowest BCUT2D eigenvalue weighted by molar-refractivity contribution is -0.173. The van der Waals surface area contributed by atoms with Gasteiger partial charge in [0.25, 0.3) is 0 Å². The van der Waals surface area contributed by atoms with Crippen LogP contribution in [0.3, 0.4) is 0 Å². The highest BCUT2D eigenvalue weighted by Gasteiger charge is 2.26. The zero-order valence-corrected chi connectivity index (χ0v) is 7.08. The molecule has 0 aromatic carbocycles. The van der Waals surface area contributed by atoms with E-state index in [2.05, 4.69) is 10.1 Å². The van der Waals surface area contributed by atoms with E-state index >= 15 is 0 Å². The monoisotopic (exact) mass is 185 g/mol. The second-order valence-corrected chi connectivity index (χ2v) is 2.37. The molecule has 0 atom stereocenters. The van der Waals surface area contributed by atoms with Crippen LogP contribution in [0.15, 0.2) is 0 Å². The largest absolute Gasteiger partial charge is 0.411 e. The van der Waals surface area contributed by atoms with E-state index in [-0.39, 0.29) is 6.61 Å². The molecule has 0 saturated carbocycles. The van der Waals surface area contributed by atoms with Crippen LogP contribution < -0.4 is 5.32 Å². The van der Waals surface area contributed by atoms with Crippen molar-refractivity contribution in [3.8, 4) is 0 Å². The number of hydrogen-bond acceptors (Lipinski definition) is 2. The van der Waals surface area contributed by atoms with Crippen LogP contribution in [0.1, 0.15) is 13.3 Å². The number of ether oxygens (including phenoxy) is 1. The topological polar surface area (TPSA) is 21.3 Å². The molecule has 0 rings (SSSR count). The molecule has 1 N–H and O–H groups in total. The third-order valence-corrected chi connectivity index (χ3v) is 1.16. The first kappa shape index (κ1) is 11.7. The summed E-state index contributed by atoms with van der Waals surface area (Å²) in [5.41, 5.74) is 0. The van der Waals surface area contributed by atoms with E-state index < -0.39 is 12.8 Å². The number of nitrogens with one attached hydrogen (secondary N) is 1. The van der Waals surface area contributed by atoms with Crippen molar-refractivity contribution in [2.45, 2.75) is 19.5 Å². The standard InChI is InChI=1S/C7H14F3NO/c1-2-11-4-3-5-12-6-7(8,9)10/h11H,2-6H2,1H3. The van der Waals surface area contributed by atoms with E-state index in [0.29, 0.717) is 13.0 Å². The first-order valence-electron chi connectivity index (χ1n) is 3.91. The number of hydrogen-bond donors (Lipinski definition) is 1. The molecule has 0 saturated heterocycles. The van der Waals surface area contributed by atoms with E-state index in [1.165, 1.54) is 0 Å². The molecule has 0 unspecified atom stereocenters. The first-order chi connectivity index (χ1) is 5.56. The van der Waals surface area contributed by atoms with Crippen LogP contribution in [-0.4, -0.2) is 32.5 Å². The number of alkyl halides is 3. The lowest BCUT2D eigenvalue weighted by Crippen LogP contribution is -2.20. The molecular weight excluding hydrogens is 171 g/mol. The minimum absolute atomic E-state index is 0.159. The summed E-state index contributed by atoms with van der Waals surface area (Å²) in [6.07, 6.45) is -3.58. The minimum Gasteiger partial charge on any atom is -0.372 e. The fourth-order valence-electron chi connectivity index (χ4n) is 0.664. The maximum absolute atomic E-state index is 11.5. The van der Waals surface area contributed by atoms with Crippen LogP contribution in [-0.2, 0) is 4.74 Å². The maximum atomic E-state index is 11.5. The average molecular weight is 185 g/mol. The molecule has 0 amide bonds. The highest BCUT2D eigenvalue weighted by atomic mass is 19.4. The molecule has 0 aromatic rings. The molecular formula is C7H14F3NO. The van der Waals surface area contributed by atoms with Crippen LogP contribution in [0.25, 0.3) is 0 Å². The van der Waals surface area contributed by atoms with Gasteiger partial charge in [-0.15, -0.1) is 0 Å². The fraction of sp³-hybridized carbons (Fsp3) is 1.00. The van der Waals surface area contributed by atoms with Crippen LogP contribution in [0.2, 0.25) is 0 Å². The average Bonchev–Trinajstić information content (AvgIpc) is 1.94. The molecule has 0 aromatic heterocycles. The van der Waals surface area contributed by atoms with Crippen molar-refractivity contribution < 1.29 is 17.9 Å². The van der Waals surface area contributed by atoms with Crippen molar-refractivity contribution in [1.29, 1.82) is 0 Å². The molecule has 0 aliphatic carbocycles. The molecule has 5 heteroatoms. The van der Waals surface area contributed by atoms with Gasteiger partial charge in [0, 0.05) is 6.61 Å². The van der Waals surface area contributed by atoms with Gasteiger partial charge in [-0.2, -0.15) is 13.2 Å². The molecule has 0 heterocycles. The third kappa shape index (κ3) is 9.71. The Hall–Kier alpha value is -0.290. The predicted octanol–water partition coefficient (Wildman–Crippen LogP) is 1.56. The highest BCUT2D eigenvalue weighted by Crippen LogP contribution is 2.14. The van der Waals surface area contributed by atoms with E-state index in [4.69, 9.17) is 0 Å². The molecule has 2 nitrogen and oxygen atoms in total. The van der Waals surface area contributed by atoms with E-state index in [0.717, 1.165) is 6.54 Å². The summed E-state index contributed by atoms with van der Waals surface area (Å²) in [5.74, 6) is 0. The van der Waals surface area contributed by atoms with E-state index in [1.807, 2.05) is 6.92 Å². The van der Waals surface area contributed by atoms with Crippen LogP contribution in [0.5, 0.6) is 0 Å². The van der Waals surface area contributed by atoms with Crippen molar-refractivity contribution in [1.82, 2.24) is 5.32 Å². The third-order valence-electron chi connectivity index (χ3n) is 1.16. The van der Waals surface area contributed by atoms with Gasteiger partial charge in [0.15, 0.2) is 0 Å². The van der Waals surface area contributed by atoms with Gasteiger partial charge in [-0.25, -0.2) is 0 Å². The van der Waals surface area contributed by atoms with Crippen LogP contribution in [0, 0.1) is 0 Å². The normalized spacial score (nSPS) is 12.0. The predicted molar refractivity (Wildman–Crippen MR) is 40.0 cm³/mol. The lowest BCUT2D eigenvalue weighted by atomic mass is 10.4. The smallest absolute Gasteiger partial charge is 0.372 e. The molecule has 0 fully saturated rings.